The lowest BCUT2D eigenvalue weighted by atomic mass is 10.0. The summed E-state index contributed by atoms with van der Waals surface area (Å²) in [6, 6.07) is 12.8. The molecule has 1 saturated heterocycles. The number of nitrogens with one attached hydrogen (secondary N) is 1. The number of hydrogen-bond donors (Lipinski definition) is 1. The maximum Gasteiger partial charge on any atom is 0.407 e. The molecule has 1 N–H and O–H groups in total. The Morgan fingerprint density at radius 1 is 0.767 bits per heavy atom. The van der Waals surface area contributed by atoms with E-state index >= 15 is 0 Å². The van der Waals surface area contributed by atoms with E-state index in [4.69, 9.17) is 9.47 Å². The molecule has 5 nitrogen and oxygen atoms in total. The molecular formula is C37H61N2O3S+. The van der Waals surface area contributed by atoms with Crippen LogP contribution in [0.15, 0.2) is 42.6 Å². The number of unbranched alkanes of at least 4 members (excludes halogenated alkanes) is 16. The summed E-state index contributed by atoms with van der Waals surface area (Å²) in [4.78, 5) is 12.0. The zero-order valence-corrected chi connectivity index (χ0v) is 28.1. The molecule has 0 spiro atoms. The number of carbonyl (C=O) groups excluding carboxylic acids is 1. The smallest absolute Gasteiger partial charge is 0.407 e. The standard InChI is InChI=1S/C37H60N2O3S/c1-2-3-4-5-6-7-8-9-10-11-12-13-14-15-16-19-26-38-37(40)42-32-35-30-34(43-35)31-41-29-21-20-27-39-28-22-24-33-23-17-18-25-36(33)39/h17-18,22-25,28,34-35H,2-16,19-21,26-27,29-32H2,1H3/p+1. The minimum atomic E-state index is -0.259. The van der Waals surface area contributed by atoms with Gasteiger partial charge in [-0.25, -0.2) is 4.79 Å². The van der Waals surface area contributed by atoms with Gasteiger partial charge in [-0.3, -0.25) is 0 Å². The molecule has 1 aromatic carbocycles. The summed E-state index contributed by atoms with van der Waals surface area (Å²) in [5.41, 5.74) is 1.29. The molecule has 0 bridgehead atoms. The van der Waals surface area contributed by atoms with Crippen molar-refractivity contribution in [3.8, 4) is 0 Å². The lowest BCUT2D eigenvalue weighted by molar-refractivity contribution is -0.671. The van der Waals surface area contributed by atoms with Crippen molar-refractivity contribution in [1.29, 1.82) is 0 Å². The van der Waals surface area contributed by atoms with E-state index in [9.17, 15) is 4.79 Å². The maximum atomic E-state index is 12.0. The Hall–Kier alpha value is -1.79. The van der Waals surface area contributed by atoms with Crippen LogP contribution in [0.4, 0.5) is 4.79 Å². The van der Waals surface area contributed by atoms with E-state index in [0.29, 0.717) is 17.1 Å². The van der Waals surface area contributed by atoms with Crippen molar-refractivity contribution in [2.45, 2.75) is 146 Å². The third-order valence-corrected chi connectivity index (χ3v) is 10.1. The molecule has 0 saturated carbocycles. The van der Waals surface area contributed by atoms with Gasteiger partial charge in [0.1, 0.15) is 13.2 Å². The van der Waals surface area contributed by atoms with Crippen molar-refractivity contribution in [3.63, 3.8) is 0 Å². The van der Waals surface area contributed by atoms with E-state index in [-0.39, 0.29) is 6.09 Å². The number of benzene rings is 1. The number of nitrogens with zero attached hydrogens (tertiary/aromatic N) is 1. The molecule has 1 aromatic heterocycles. The van der Waals surface area contributed by atoms with Gasteiger partial charge in [0, 0.05) is 47.6 Å². The Kier molecular flexibility index (Phi) is 19.6. The van der Waals surface area contributed by atoms with Crippen LogP contribution >= 0.6 is 11.8 Å². The highest BCUT2D eigenvalue weighted by molar-refractivity contribution is 8.01. The van der Waals surface area contributed by atoms with Crippen LogP contribution in [-0.2, 0) is 16.0 Å². The summed E-state index contributed by atoms with van der Waals surface area (Å²) in [5, 5.41) is 5.16. The molecule has 2 unspecified atom stereocenters. The second kappa shape index (κ2) is 23.6. The van der Waals surface area contributed by atoms with Gasteiger partial charge in [-0.05, 0) is 31.4 Å². The maximum absolute atomic E-state index is 12.0. The number of carbonyl (C=O) groups is 1. The Labute approximate surface area is 267 Å². The van der Waals surface area contributed by atoms with Gasteiger partial charge < -0.3 is 14.8 Å². The number of ether oxygens (including phenoxy) is 2. The average molecular weight is 614 g/mol. The fourth-order valence-electron chi connectivity index (χ4n) is 5.97. The highest BCUT2D eigenvalue weighted by atomic mass is 32.2. The molecule has 3 rings (SSSR count). The second-order valence-electron chi connectivity index (χ2n) is 12.5. The number of rotatable bonds is 26. The lowest BCUT2D eigenvalue weighted by Crippen LogP contribution is -2.36. The van der Waals surface area contributed by atoms with Crippen LogP contribution in [0.3, 0.4) is 0 Å². The van der Waals surface area contributed by atoms with Gasteiger partial charge in [-0.1, -0.05) is 115 Å². The molecule has 2 heterocycles. The molecular weight excluding hydrogens is 552 g/mol. The van der Waals surface area contributed by atoms with Gasteiger partial charge in [0.2, 0.25) is 5.52 Å². The van der Waals surface area contributed by atoms with Crippen LogP contribution in [0.1, 0.15) is 129 Å². The fraction of sp³-hybridized carbons (Fsp3) is 0.730. The topological polar surface area (TPSA) is 51.4 Å². The summed E-state index contributed by atoms with van der Waals surface area (Å²) >= 11 is 1.89. The first-order chi connectivity index (χ1) is 21.3. The number of para-hydroxylation sites is 1. The molecule has 43 heavy (non-hydrogen) atoms. The quantitative estimate of drug-likeness (QED) is 0.0848. The summed E-state index contributed by atoms with van der Waals surface area (Å²) < 4.78 is 13.7. The molecule has 1 fully saturated rings. The van der Waals surface area contributed by atoms with Gasteiger partial charge in [-0.2, -0.15) is 4.57 Å². The number of hydrogen-bond acceptors (Lipinski definition) is 4. The molecule has 1 aliphatic rings. The van der Waals surface area contributed by atoms with Crippen molar-refractivity contribution < 1.29 is 18.8 Å². The number of alkyl carbamates (subject to hydrolysis) is 1. The predicted molar refractivity (Wildman–Crippen MR) is 183 cm³/mol. The minimum Gasteiger partial charge on any atom is -0.448 e. The van der Waals surface area contributed by atoms with Crippen LogP contribution in [-0.4, -0.2) is 43.0 Å². The Bertz CT molecular complexity index is 976. The molecule has 1 aliphatic heterocycles. The third kappa shape index (κ3) is 16.2. The lowest BCUT2D eigenvalue weighted by Gasteiger charge is -2.34. The summed E-state index contributed by atoms with van der Waals surface area (Å²) in [6.45, 7) is 6.15. The van der Waals surface area contributed by atoms with E-state index in [2.05, 4.69) is 59.4 Å². The minimum absolute atomic E-state index is 0.259. The molecule has 0 aliphatic carbocycles. The van der Waals surface area contributed by atoms with Crippen LogP contribution < -0.4 is 9.88 Å². The third-order valence-electron chi connectivity index (χ3n) is 8.64. The van der Waals surface area contributed by atoms with Gasteiger partial charge in [0.25, 0.3) is 0 Å². The predicted octanol–water partition coefficient (Wildman–Crippen LogP) is 9.79. The highest BCUT2D eigenvalue weighted by Gasteiger charge is 2.31. The normalized spacial score (nSPS) is 16.3. The molecule has 2 atom stereocenters. The Balaban J connectivity index is 1.02. The van der Waals surface area contributed by atoms with Crippen LogP contribution in [0.2, 0.25) is 0 Å². The number of fused-ring (bicyclic) bond motifs is 1. The molecule has 242 valence electrons. The largest absolute Gasteiger partial charge is 0.448 e. The van der Waals surface area contributed by atoms with Crippen molar-refractivity contribution in [1.82, 2.24) is 5.32 Å². The zero-order valence-electron chi connectivity index (χ0n) is 27.2. The van der Waals surface area contributed by atoms with Crippen LogP contribution in [0, 0.1) is 0 Å². The number of aromatic nitrogens is 1. The van der Waals surface area contributed by atoms with Crippen molar-refractivity contribution in [3.05, 3.63) is 42.6 Å². The van der Waals surface area contributed by atoms with E-state index in [0.717, 1.165) is 52.0 Å². The van der Waals surface area contributed by atoms with Gasteiger partial charge in [0.15, 0.2) is 6.20 Å². The second-order valence-corrected chi connectivity index (χ2v) is 14.1. The monoisotopic (exact) mass is 613 g/mol. The summed E-state index contributed by atoms with van der Waals surface area (Å²) in [7, 11) is 0. The van der Waals surface area contributed by atoms with Crippen LogP contribution in [0.25, 0.3) is 10.9 Å². The number of thioether (sulfide) groups is 1. The first-order valence-electron chi connectivity index (χ1n) is 17.8. The highest BCUT2D eigenvalue weighted by Crippen LogP contribution is 2.36. The Morgan fingerprint density at radius 2 is 1.35 bits per heavy atom. The first-order valence-corrected chi connectivity index (χ1v) is 18.7. The summed E-state index contributed by atoms with van der Waals surface area (Å²) in [6.07, 6.45) is 27.0. The fourth-order valence-corrected chi connectivity index (χ4v) is 7.16. The van der Waals surface area contributed by atoms with Crippen LogP contribution in [0.5, 0.6) is 0 Å². The Morgan fingerprint density at radius 3 is 2.02 bits per heavy atom. The van der Waals surface area contributed by atoms with Gasteiger partial charge in [-0.15, -0.1) is 11.8 Å². The number of aryl methyl sites for hydroxylation is 1. The zero-order chi connectivity index (χ0) is 30.2. The van der Waals surface area contributed by atoms with E-state index in [1.54, 1.807) is 0 Å². The molecule has 2 aromatic rings. The van der Waals surface area contributed by atoms with E-state index in [1.807, 2.05) is 11.8 Å². The van der Waals surface area contributed by atoms with Crippen molar-refractivity contribution in [2.24, 2.45) is 0 Å². The molecule has 0 radical (unpaired) electrons. The number of amides is 1. The average Bonchev–Trinajstić information content (AvgIpc) is 3.00. The van der Waals surface area contributed by atoms with Gasteiger partial charge in [0.05, 0.1) is 6.61 Å². The molecule has 1 amide bonds. The summed E-state index contributed by atoms with van der Waals surface area (Å²) in [5.74, 6) is 0. The van der Waals surface area contributed by atoms with E-state index < -0.39 is 0 Å². The SMILES string of the molecule is CCCCCCCCCCCCCCCCCCNC(=O)OCC1CC(COCCCC[n+]2cccc3ccccc32)S1. The van der Waals surface area contributed by atoms with Gasteiger partial charge >= 0.3 is 6.09 Å². The van der Waals surface area contributed by atoms with E-state index in [1.165, 1.54) is 107 Å². The molecule has 6 heteroatoms. The number of pyridine rings is 1. The van der Waals surface area contributed by atoms with Crippen molar-refractivity contribution >= 4 is 28.8 Å². The first kappa shape index (κ1) is 35.7. The van der Waals surface area contributed by atoms with Crippen molar-refractivity contribution in [2.75, 3.05) is 26.4 Å².